The number of hydrogen-bond donors (Lipinski definition) is 2. The number of para-hydroxylation sites is 4. The summed E-state index contributed by atoms with van der Waals surface area (Å²) in [5, 5.41) is 0. The van der Waals surface area contributed by atoms with Gasteiger partial charge < -0.3 is 34.8 Å². The topological polar surface area (TPSA) is 75.0 Å². The highest BCUT2D eigenvalue weighted by molar-refractivity contribution is 5.76. The Morgan fingerprint density at radius 3 is 1.36 bits per heavy atom. The zero-order chi connectivity index (χ0) is 23.7. The molecular formula is C26H30Cl2N8. The van der Waals surface area contributed by atoms with E-state index < -0.39 is 0 Å². The number of nitrogens with zero attached hydrogens (tertiary/aromatic N) is 6. The highest BCUT2D eigenvalue weighted by Gasteiger charge is 2.13. The molecular weight excluding hydrogens is 495 g/mol. The van der Waals surface area contributed by atoms with Crippen molar-refractivity contribution < 1.29 is 33.9 Å². The van der Waals surface area contributed by atoms with Crippen LogP contribution in [0, 0.1) is 0 Å². The molecule has 0 amide bonds. The first-order valence-electron chi connectivity index (χ1n) is 11.6. The van der Waals surface area contributed by atoms with Crippen LogP contribution < -0.4 is 33.9 Å². The van der Waals surface area contributed by atoms with Crippen molar-refractivity contribution in [2.24, 2.45) is 0 Å². The number of fused-ring (bicyclic) bond motifs is 2. The van der Waals surface area contributed by atoms with E-state index in [0.717, 1.165) is 34.0 Å². The fraction of sp³-hybridized carbons (Fsp3) is 0.231. The molecule has 0 aliphatic heterocycles. The van der Waals surface area contributed by atoms with Gasteiger partial charge in [-0.2, -0.15) is 19.1 Å². The fourth-order valence-electron chi connectivity index (χ4n) is 3.72. The number of nitrogens with one attached hydrogen (secondary N) is 2. The predicted octanol–water partition coefficient (Wildman–Crippen LogP) is -1.55. The molecule has 0 aliphatic carbocycles. The first kappa shape index (κ1) is 27.0. The van der Waals surface area contributed by atoms with Gasteiger partial charge in [0.15, 0.2) is 0 Å². The molecule has 0 atom stereocenters. The molecule has 0 unspecified atom stereocenters. The lowest BCUT2D eigenvalue weighted by Crippen LogP contribution is -3.00. The van der Waals surface area contributed by atoms with Gasteiger partial charge in [0.1, 0.15) is 24.8 Å². The molecule has 0 radical (unpaired) electrons. The molecule has 4 aromatic heterocycles. The smallest absolute Gasteiger partial charge is 0.304 e. The van der Waals surface area contributed by atoms with Crippen LogP contribution in [0.5, 0.6) is 0 Å². The minimum atomic E-state index is 0. The fourth-order valence-corrected chi connectivity index (χ4v) is 3.72. The monoisotopic (exact) mass is 524 g/mol. The Balaban J connectivity index is 0.000000190. The summed E-state index contributed by atoms with van der Waals surface area (Å²) < 4.78 is 8.29. The second kappa shape index (κ2) is 11.4. The van der Waals surface area contributed by atoms with Crippen molar-refractivity contribution in [2.75, 3.05) is 0 Å². The second-order valence-corrected chi connectivity index (χ2v) is 8.88. The van der Waals surface area contributed by atoms with E-state index in [-0.39, 0.29) is 24.8 Å². The molecule has 0 saturated carbocycles. The summed E-state index contributed by atoms with van der Waals surface area (Å²) in [6, 6.07) is 17.0. The Kier molecular flexibility index (Phi) is 8.55. The molecule has 2 aromatic carbocycles. The molecule has 0 aliphatic rings. The third kappa shape index (κ3) is 5.61. The Labute approximate surface area is 222 Å². The van der Waals surface area contributed by atoms with E-state index in [1.54, 1.807) is 0 Å². The Hall–Kier alpha value is -3.62. The van der Waals surface area contributed by atoms with E-state index >= 15 is 0 Å². The minimum absolute atomic E-state index is 0. The summed E-state index contributed by atoms with van der Waals surface area (Å²) in [6.45, 7) is 8.62. The number of imidazole rings is 4. The summed E-state index contributed by atoms with van der Waals surface area (Å²) >= 11 is 0. The number of halogens is 2. The third-order valence-corrected chi connectivity index (χ3v) is 5.75. The molecule has 4 heterocycles. The van der Waals surface area contributed by atoms with E-state index in [0.29, 0.717) is 12.1 Å². The number of rotatable bonds is 4. The Morgan fingerprint density at radius 2 is 1.03 bits per heavy atom. The zero-order valence-corrected chi connectivity index (χ0v) is 22.2. The Morgan fingerprint density at radius 1 is 0.639 bits per heavy atom. The van der Waals surface area contributed by atoms with E-state index in [9.17, 15) is 0 Å². The average molecular weight is 525 g/mol. The number of aromatic nitrogens is 8. The molecule has 0 saturated heterocycles. The maximum atomic E-state index is 4.55. The standard InChI is InChI=1S/2C13H15N4.2ClH/c2*1-10(2)16-7-8-17(9-16)13-14-11-5-3-4-6-12(11)15-13;;/h2*3-10H,1-2H3,(H,14,15);2*1H/q2*+1;;/p-2. The van der Waals surface area contributed by atoms with Gasteiger partial charge in [0.25, 0.3) is 12.7 Å². The maximum absolute atomic E-state index is 4.55. The van der Waals surface area contributed by atoms with E-state index in [4.69, 9.17) is 0 Å². The summed E-state index contributed by atoms with van der Waals surface area (Å²) in [5.41, 5.74) is 4.11. The summed E-state index contributed by atoms with van der Waals surface area (Å²) in [7, 11) is 0. The predicted molar refractivity (Wildman–Crippen MR) is 132 cm³/mol. The summed E-state index contributed by atoms with van der Waals surface area (Å²) in [5.74, 6) is 1.70. The lowest BCUT2D eigenvalue weighted by Gasteiger charge is -1.96. The largest absolute Gasteiger partial charge is 1.00 e. The van der Waals surface area contributed by atoms with Crippen molar-refractivity contribution in [1.29, 1.82) is 0 Å². The lowest BCUT2D eigenvalue weighted by atomic mass is 10.3. The van der Waals surface area contributed by atoms with Crippen molar-refractivity contribution in [3.8, 4) is 11.9 Å². The number of aromatic amines is 2. The van der Waals surface area contributed by atoms with Gasteiger partial charge in [-0.1, -0.05) is 24.3 Å². The van der Waals surface area contributed by atoms with E-state index in [1.807, 2.05) is 82.7 Å². The van der Waals surface area contributed by atoms with Crippen LogP contribution in [0.1, 0.15) is 39.8 Å². The van der Waals surface area contributed by atoms with Gasteiger partial charge in [-0.3, -0.25) is 0 Å². The lowest BCUT2D eigenvalue weighted by molar-refractivity contribution is -0.715. The van der Waals surface area contributed by atoms with Crippen LogP contribution in [0.3, 0.4) is 0 Å². The van der Waals surface area contributed by atoms with Crippen molar-refractivity contribution in [3.05, 3.63) is 86.0 Å². The van der Waals surface area contributed by atoms with Crippen LogP contribution in [0.15, 0.2) is 86.0 Å². The summed E-state index contributed by atoms with van der Waals surface area (Å²) in [4.78, 5) is 15.7. The SMILES string of the molecule is CC(C)[n+]1ccn(-c2nc3ccccc3[nH]2)c1.CC(C)[n+]1ccn(-c2nc3ccccc3[nH]2)c1.[Cl-].[Cl-]. The normalized spacial score (nSPS) is 10.8. The first-order valence-corrected chi connectivity index (χ1v) is 11.6. The second-order valence-electron chi connectivity index (χ2n) is 8.88. The van der Waals surface area contributed by atoms with Crippen LogP contribution in [0.25, 0.3) is 34.0 Å². The molecule has 36 heavy (non-hydrogen) atoms. The van der Waals surface area contributed by atoms with Crippen molar-refractivity contribution >= 4 is 22.1 Å². The maximum Gasteiger partial charge on any atom is 0.304 e. The van der Waals surface area contributed by atoms with Crippen LogP contribution in [-0.2, 0) is 0 Å². The first-order chi connectivity index (χ1) is 16.5. The molecule has 188 valence electrons. The number of hydrogen-bond acceptors (Lipinski definition) is 2. The van der Waals surface area contributed by atoms with Crippen LogP contribution in [0.4, 0.5) is 0 Å². The van der Waals surface area contributed by atoms with Gasteiger partial charge >= 0.3 is 11.9 Å². The van der Waals surface area contributed by atoms with Gasteiger partial charge in [-0.05, 0) is 52.0 Å². The molecule has 10 heteroatoms. The molecule has 6 aromatic rings. The van der Waals surface area contributed by atoms with Gasteiger partial charge in [0.05, 0.1) is 34.2 Å². The number of H-pyrrole nitrogens is 2. The van der Waals surface area contributed by atoms with Gasteiger partial charge in [-0.15, -0.1) is 0 Å². The van der Waals surface area contributed by atoms with E-state index in [2.05, 4.69) is 69.2 Å². The molecule has 8 nitrogen and oxygen atoms in total. The highest BCUT2D eigenvalue weighted by Crippen LogP contribution is 2.13. The van der Waals surface area contributed by atoms with Crippen molar-refractivity contribution in [3.63, 3.8) is 0 Å². The molecule has 0 spiro atoms. The van der Waals surface area contributed by atoms with E-state index in [1.165, 1.54) is 0 Å². The highest BCUT2D eigenvalue weighted by atomic mass is 35.5. The van der Waals surface area contributed by atoms with Crippen LogP contribution in [0.2, 0.25) is 0 Å². The quantitative estimate of drug-likeness (QED) is 0.274. The van der Waals surface area contributed by atoms with Crippen LogP contribution >= 0.6 is 0 Å². The molecule has 6 rings (SSSR count). The minimum Gasteiger partial charge on any atom is -1.00 e. The zero-order valence-electron chi connectivity index (χ0n) is 20.7. The van der Waals surface area contributed by atoms with Gasteiger partial charge in [0.2, 0.25) is 0 Å². The average Bonchev–Trinajstić information content (AvgIpc) is 3.63. The van der Waals surface area contributed by atoms with Gasteiger partial charge in [0, 0.05) is 0 Å². The van der Waals surface area contributed by atoms with Crippen LogP contribution in [-0.4, -0.2) is 29.1 Å². The third-order valence-electron chi connectivity index (χ3n) is 5.75. The molecule has 0 fully saturated rings. The Bertz CT molecular complexity index is 1360. The van der Waals surface area contributed by atoms with Crippen molar-refractivity contribution in [2.45, 2.75) is 39.8 Å². The van der Waals surface area contributed by atoms with Crippen molar-refractivity contribution in [1.82, 2.24) is 29.1 Å². The number of benzene rings is 2. The molecule has 0 bridgehead atoms. The van der Waals surface area contributed by atoms with Gasteiger partial charge in [-0.25, -0.2) is 9.13 Å². The molecule has 2 N–H and O–H groups in total. The summed E-state index contributed by atoms with van der Waals surface area (Å²) in [6.07, 6.45) is 12.2.